The molecule has 3 rings (SSSR count). The SMILES string of the molecule is CN(Cc1ccoc1)C(=O)CC1CNc2ccccc21. The topological polar surface area (TPSA) is 45.5 Å². The number of nitrogens with one attached hydrogen (secondary N) is 1. The Labute approximate surface area is 118 Å². The van der Waals surface area contributed by atoms with Gasteiger partial charge in [-0.05, 0) is 17.7 Å². The van der Waals surface area contributed by atoms with Gasteiger partial charge >= 0.3 is 0 Å². The summed E-state index contributed by atoms with van der Waals surface area (Å²) in [7, 11) is 1.84. The number of fused-ring (bicyclic) bond motifs is 1. The summed E-state index contributed by atoms with van der Waals surface area (Å²) in [5.41, 5.74) is 3.42. The third-order valence-corrected chi connectivity index (χ3v) is 3.79. The number of nitrogens with zero attached hydrogens (tertiary/aromatic N) is 1. The van der Waals surface area contributed by atoms with Crippen LogP contribution in [0.3, 0.4) is 0 Å². The third kappa shape index (κ3) is 2.54. The highest BCUT2D eigenvalue weighted by molar-refractivity contribution is 5.78. The average molecular weight is 270 g/mol. The number of hydrogen-bond donors (Lipinski definition) is 1. The molecule has 1 N–H and O–H groups in total. The lowest BCUT2D eigenvalue weighted by molar-refractivity contribution is -0.130. The lowest BCUT2D eigenvalue weighted by atomic mass is 9.97. The first-order valence-corrected chi connectivity index (χ1v) is 6.82. The minimum atomic E-state index is 0.162. The summed E-state index contributed by atoms with van der Waals surface area (Å²) < 4.78 is 5.03. The second-order valence-corrected chi connectivity index (χ2v) is 5.25. The van der Waals surface area contributed by atoms with E-state index in [4.69, 9.17) is 4.42 Å². The van der Waals surface area contributed by atoms with Crippen LogP contribution in [0.1, 0.15) is 23.5 Å². The fourth-order valence-corrected chi connectivity index (χ4v) is 2.65. The van der Waals surface area contributed by atoms with Gasteiger partial charge in [-0.2, -0.15) is 0 Å². The summed E-state index contributed by atoms with van der Waals surface area (Å²) in [5, 5.41) is 3.35. The van der Waals surface area contributed by atoms with Gasteiger partial charge in [0.25, 0.3) is 0 Å². The van der Waals surface area contributed by atoms with Crippen molar-refractivity contribution in [1.29, 1.82) is 0 Å². The van der Waals surface area contributed by atoms with E-state index >= 15 is 0 Å². The standard InChI is InChI=1S/C16H18N2O2/c1-18(10-12-6-7-20-11-12)16(19)8-13-9-17-15-5-3-2-4-14(13)15/h2-7,11,13,17H,8-10H2,1H3. The van der Waals surface area contributed by atoms with E-state index in [1.165, 1.54) is 5.56 Å². The molecule has 0 radical (unpaired) electrons. The van der Waals surface area contributed by atoms with E-state index in [1.807, 2.05) is 25.2 Å². The monoisotopic (exact) mass is 270 g/mol. The molecule has 4 heteroatoms. The molecule has 1 atom stereocenters. The van der Waals surface area contributed by atoms with Crippen LogP contribution in [0.4, 0.5) is 5.69 Å². The van der Waals surface area contributed by atoms with Crippen molar-refractivity contribution in [2.24, 2.45) is 0 Å². The normalized spacial score (nSPS) is 16.6. The summed E-state index contributed by atoms with van der Waals surface area (Å²) in [6.07, 6.45) is 3.85. The molecule has 1 aromatic carbocycles. The van der Waals surface area contributed by atoms with Crippen molar-refractivity contribution in [3.8, 4) is 0 Å². The maximum Gasteiger partial charge on any atom is 0.223 e. The van der Waals surface area contributed by atoms with Gasteiger partial charge < -0.3 is 14.6 Å². The van der Waals surface area contributed by atoms with Gasteiger partial charge in [-0.15, -0.1) is 0 Å². The number of carbonyl (C=O) groups is 1. The second kappa shape index (κ2) is 5.41. The Kier molecular flexibility index (Phi) is 3.46. The molecule has 104 valence electrons. The maximum absolute atomic E-state index is 12.3. The number of para-hydroxylation sites is 1. The molecule has 4 nitrogen and oxygen atoms in total. The molecule has 0 fully saturated rings. The summed E-state index contributed by atoms with van der Waals surface area (Å²) in [4.78, 5) is 14.1. The van der Waals surface area contributed by atoms with Gasteiger partial charge in [0.1, 0.15) is 0 Å². The van der Waals surface area contributed by atoms with Crippen molar-refractivity contribution in [1.82, 2.24) is 4.90 Å². The molecule has 0 aliphatic carbocycles. The number of amides is 1. The van der Waals surface area contributed by atoms with E-state index in [0.29, 0.717) is 13.0 Å². The molecule has 2 heterocycles. The van der Waals surface area contributed by atoms with Crippen LogP contribution in [0.5, 0.6) is 0 Å². The highest BCUT2D eigenvalue weighted by atomic mass is 16.3. The number of hydrogen-bond acceptors (Lipinski definition) is 3. The van der Waals surface area contributed by atoms with E-state index in [9.17, 15) is 4.79 Å². The van der Waals surface area contributed by atoms with E-state index < -0.39 is 0 Å². The van der Waals surface area contributed by atoms with Crippen molar-refractivity contribution < 1.29 is 9.21 Å². The highest BCUT2D eigenvalue weighted by Gasteiger charge is 2.25. The quantitative estimate of drug-likeness (QED) is 0.929. The largest absolute Gasteiger partial charge is 0.472 e. The van der Waals surface area contributed by atoms with Crippen molar-refractivity contribution in [3.63, 3.8) is 0 Å². The molecule has 1 aromatic heterocycles. The number of rotatable bonds is 4. The molecule has 2 aromatic rings. The second-order valence-electron chi connectivity index (χ2n) is 5.25. The molecule has 0 saturated heterocycles. The van der Waals surface area contributed by atoms with Gasteiger partial charge in [-0.25, -0.2) is 0 Å². The van der Waals surface area contributed by atoms with Gasteiger partial charge in [0.2, 0.25) is 5.91 Å². The van der Waals surface area contributed by atoms with E-state index in [-0.39, 0.29) is 11.8 Å². The zero-order valence-electron chi connectivity index (χ0n) is 11.5. The fraction of sp³-hybridized carbons (Fsp3) is 0.312. The molecular weight excluding hydrogens is 252 g/mol. The molecule has 1 amide bonds. The Hall–Kier alpha value is -2.23. The molecule has 0 bridgehead atoms. The zero-order chi connectivity index (χ0) is 13.9. The van der Waals surface area contributed by atoms with Crippen LogP contribution in [-0.4, -0.2) is 24.4 Å². The predicted molar refractivity (Wildman–Crippen MR) is 77.5 cm³/mol. The molecule has 1 aliphatic rings. The van der Waals surface area contributed by atoms with Gasteiger partial charge in [0.05, 0.1) is 12.5 Å². The van der Waals surface area contributed by atoms with Crippen LogP contribution in [0.15, 0.2) is 47.3 Å². The van der Waals surface area contributed by atoms with Crippen LogP contribution in [0, 0.1) is 0 Å². The number of anilines is 1. The Morgan fingerprint density at radius 2 is 2.25 bits per heavy atom. The molecule has 0 spiro atoms. The van der Waals surface area contributed by atoms with Crippen LogP contribution in [0.2, 0.25) is 0 Å². The summed E-state index contributed by atoms with van der Waals surface area (Å²) in [6, 6.07) is 10.1. The van der Waals surface area contributed by atoms with Gasteiger partial charge in [-0.1, -0.05) is 18.2 Å². The number of carbonyl (C=O) groups excluding carboxylic acids is 1. The van der Waals surface area contributed by atoms with E-state index in [2.05, 4.69) is 17.4 Å². The smallest absolute Gasteiger partial charge is 0.223 e. The Balaban J connectivity index is 1.62. The van der Waals surface area contributed by atoms with Gasteiger partial charge in [-0.3, -0.25) is 4.79 Å². The maximum atomic E-state index is 12.3. The fourth-order valence-electron chi connectivity index (χ4n) is 2.65. The van der Waals surface area contributed by atoms with Crippen molar-refractivity contribution in [2.75, 3.05) is 18.9 Å². The molecular formula is C16H18N2O2. The molecule has 1 aliphatic heterocycles. The van der Waals surface area contributed by atoms with Crippen LogP contribution >= 0.6 is 0 Å². The zero-order valence-corrected chi connectivity index (χ0v) is 11.5. The first kappa shape index (κ1) is 12.8. The van der Waals surface area contributed by atoms with Crippen LogP contribution in [-0.2, 0) is 11.3 Å². The minimum Gasteiger partial charge on any atom is -0.472 e. The first-order valence-electron chi connectivity index (χ1n) is 6.82. The van der Waals surface area contributed by atoms with Gasteiger partial charge in [0, 0.05) is 43.7 Å². The highest BCUT2D eigenvalue weighted by Crippen LogP contribution is 2.33. The summed E-state index contributed by atoms with van der Waals surface area (Å²) in [6.45, 7) is 1.43. The lowest BCUT2D eigenvalue weighted by Crippen LogP contribution is -2.27. The summed E-state index contributed by atoms with van der Waals surface area (Å²) in [5.74, 6) is 0.431. The Morgan fingerprint density at radius 1 is 1.40 bits per heavy atom. The van der Waals surface area contributed by atoms with Crippen molar-refractivity contribution in [2.45, 2.75) is 18.9 Å². The van der Waals surface area contributed by atoms with E-state index in [0.717, 1.165) is 17.8 Å². The molecule has 0 saturated carbocycles. The predicted octanol–water partition coefficient (Wildman–Crippen LogP) is 2.84. The van der Waals surface area contributed by atoms with Crippen molar-refractivity contribution >= 4 is 11.6 Å². The third-order valence-electron chi connectivity index (χ3n) is 3.79. The Morgan fingerprint density at radius 3 is 3.05 bits per heavy atom. The van der Waals surface area contributed by atoms with Crippen LogP contribution < -0.4 is 5.32 Å². The molecule has 1 unspecified atom stereocenters. The lowest BCUT2D eigenvalue weighted by Gasteiger charge is -2.18. The number of benzene rings is 1. The van der Waals surface area contributed by atoms with Crippen molar-refractivity contribution in [3.05, 3.63) is 54.0 Å². The molecule has 20 heavy (non-hydrogen) atoms. The summed E-state index contributed by atoms with van der Waals surface area (Å²) >= 11 is 0. The Bertz CT molecular complexity index is 592. The minimum absolute atomic E-state index is 0.162. The van der Waals surface area contributed by atoms with Gasteiger partial charge in [0.15, 0.2) is 0 Å². The number of furan rings is 1. The first-order chi connectivity index (χ1) is 9.74. The van der Waals surface area contributed by atoms with E-state index in [1.54, 1.807) is 17.4 Å². The average Bonchev–Trinajstić information content (AvgIpc) is 3.09. The van der Waals surface area contributed by atoms with Crippen LogP contribution in [0.25, 0.3) is 0 Å².